The highest BCUT2D eigenvalue weighted by Crippen LogP contribution is 2.68. The predicted molar refractivity (Wildman–Crippen MR) is 107 cm³/mol. The zero-order valence-electron chi connectivity index (χ0n) is 17.6. The molecule has 3 nitrogen and oxygen atoms in total. The largest absolute Gasteiger partial charge is 0.481 e. The van der Waals surface area contributed by atoms with Crippen LogP contribution >= 0.6 is 0 Å². The molecule has 4 saturated carbocycles. The van der Waals surface area contributed by atoms with Crippen LogP contribution in [0.25, 0.3) is 0 Å². The zero-order valence-corrected chi connectivity index (χ0v) is 17.6. The van der Waals surface area contributed by atoms with Gasteiger partial charge in [-0.25, -0.2) is 0 Å². The number of aliphatic hydroxyl groups is 1. The van der Waals surface area contributed by atoms with Gasteiger partial charge in [-0.3, -0.25) is 4.79 Å². The van der Waals surface area contributed by atoms with Gasteiger partial charge in [0.15, 0.2) is 0 Å². The third kappa shape index (κ3) is 3.16. The highest BCUT2D eigenvalue weighted by atomic mass is 16.4. The molecular weight excluding hydrogens is 336 g/mol. The first-order valence-corrected chi connectivity index (χ1v) is 11.7. The quantitative estimate of drug-likeness (QED) is 0.680. The van der Waals surface area contributed by atoms with Crippen LogP contribution in [0.1, 0.15) is 91.4 Å². The van der Waals surface area contributed by atoms with Crippen LogP contribution in [0.15, 0.2) is 0 Å². The first-order chi connectivity index (χ1) is 12.8. The minimum Gasteiger partial charge on any atom is -0.481 e. The Bertz CT molecular complexity index is 574. The van der Waals surface area contributed by atoms with Crippen LogP contribution in [0.5, 0.6) is 0 Å². The maximum atomic E-state index is 11.0. The van der Waals surface area contributed by atoms with Crippen LogP contribution in [0.3, 0.4) is 0 Å². The Kier molecular flexibility index (Phi) is 5.15. The van der Waals surface area contributed by atoms with Crippen LogP contribution in [0.4, 0.5) is 0 Å². The van der Waals surface area contributed by atoms with Crippen LogP contribution in [-0.2, 0) is 4.79 Å². The third-order valence-electron chi connectivity index (χ3n) is 10.2. The fraction of sp³-hybridized carbons (Fsp3) is 0.958. The van der Waals surface area contributed by atoms with E-state index in [2.05, 4.69) is 20.8 Å². The molecule has 7 unspecified atom stereocenters. The molecule has 0 bridgehead atoms. The van der Waals surface area contributed by atoms with Gasteiger partial charge in [-0.2, -0.15) is 0 Å². The Morgan fingerprint density at radius 3 is 2.44 bits per heavy atom. The maximum absolute atomic E-state index is 11.0. The van der Waals surface area contributed by atoms with E-state index in [9.17, 15) is 9.90 Å². The Morgan fingerprint density at radius 1 is 1.00 bits per heavy atom. The summed E-state index contributed by atoms with van der Waals surface area (Å²) in [7, 11) is 0. The molecule has 27 heavy (non-hydrogen) atoms. The predicted octanol–water partition coefficient (Wildman–Crippen LogP) is 5.51. The molecule has 0 aromatic rings. The Balaban J connectivity index is 1.51. The highest BCUT2D eigenvalue weighted by Gasteiger charge is 2.60. The average molecular weight is 377 g/mol. The summed E-state index contributed by atoms with van der Waals surface area (Å²) in [4.78, 5) is 11.0. The van der Waals surface area contributed by atoms with Crippen LogP contribution in [0, 0.1) is 46.3 Å². The molecule has 0 heterocycles. The maximum Gasteiger partial charge on any atom is 0.303 e. The topological polar surface area (TPSA) is 57.5 Å². The van der Waals surface area contributed by atoms with E-state index in [-0.39, 0.29) is 6.10 Å². The number of hydrogen-bond acceptors (Lipinski definition) is 2. The molecule has 3 heteroatoms. The number of aliphatic hydroxyl groups excluding tert-OH is 1. The van der Waals surface area contributed by atoms with Crippen molar-refractivity contribution < 1.29 is 15.0 Å². The Labute approximate surface area is 165 Å². The van der Waals surface area contributed by atoms with Gasteiger partial charge in [0.05, 0.1) is 6.10 Å². The molecule has 4 fully saturated rings. The molecule has 0 radical (unpaired) electrons. The van der Waals surface area contributed by atoms with Crippen LogP contribution in [-0.4, -0.2) is 22.3 Å². The van der Waals surface area contributed by atoms with E-state index in [1.165, 1.54) is 44.9 Å². The summed E-state index contributed by atoms with van der Waals surface area (Å²) in [6.07, 6.45) is 12.4. The number of carboxylic acid groups (broad SMARTS) is 1. The minimum atomic E-state index is -0.643. The van der Waals surface area contributed by atoms with E-state index in [0.717, 1.165) is 42.9 Å². The molecule has 0 amide bonds. The molecule has 0 aliphatic heterocycles. The van der Waals surface area contributed by atoms with Gasteiger partial charge in [0, 0.05) is 6.42 Å². The standard InChI is InChI=1S/C24H40O3/c1-15(4-9-22(26)27)19-7-8-20-18-6-5-16-14-17(25)10-12-23(16,2)21(18)11-13-24(19,20)3/h15-21,25H,4-14H2,1-3H3,(H,26,27)/t15-,16+,17?,18?,19?,20?,21?,23?,24?/m1/s1. The van der Waals surface area contributed by atoms with Crippen molar-refractivity contribution in [2.24, 2.45) is 46.3 Å². The van der Waals surface area contributed by atoms with E-state index < -0.39 is 5.97 Å². The molecule has 4 aliphatic carbocycles. The van der Waals surface area contributed by atoms with Gasteiger partial charge in [0.25, 0.3) is 0 Å². The summed E-state index contributed by atoms with van der Waals surface area (Å²) in [5.74, 6) is 3.91. The van der Waals surface area contributed by atoms with Crippen molar-refractivity contribution in [1.82, 2.24) is 0 Å². The van der Waals surface area contributed by atoms with Crippen molar-refractivity contribution in [3.05, 3.63) is 0 Å². The first kappa shape index (κ1) is 19.7. The molecule has 0 saturated heterocycles. The monoisotopic (exact) mass is 376 g/mol. The average Bonchev–Trinajstić information content (AvgIpc) is 2.97. The van der Waals surface area contributed by atoms with Crippen LogP contribution in [0.2, 0.25) is 0 Å². The Morgan fingerprint density at radius 2 is 1.70 bits per heavy atom. The van der Waals surface area contributed by atoms with Crippen LogP contribution < -0.4 is 0 Å². The summed E-state index contributed by atoms with van der Waals surface area (Å²) in [6, 6.07) is 0. The molecule has 0 aromatic heterocycles. The summed E-state index contributed by atoms with van der Waals surface area (Å²) in [6.45, 7) is 7.43. The lowest BCUT2D eigenvalue weighted by Crippen LogP contribution is -2.54. The van der Waals surface area contributed by atoms with Gasteiger partial charge >= 0.3 is 5.97 Å². The third-order valence-corrected chi connectivity index (χ3v) is 10.2. The number of fused-ring (bicyclic) bond motifs is 5. The molecular formula is C24H40O3. The minimum absolute atomic E-state index is 0.0561. The smallest absolute Gasteiger partial charge is 0.303 e. The SMILES string of the molecule is C[C@H](CCC(=O)O)C1CCC2C3CC[C@H]4CC(O)CCC4(C)C3CCC21C. The van der Waals surface area contributed by atoms with Crippen molar-refractivity contribution in [3.8, 4) is 0 Å². The van der Waals surface area contributed by atoms with E-state index in [4.69, 9.17) is 5.11 Å². The van der Waals surface area contributed by atoms with Gasteiger partial charge in [0.1, 0.15) is 0 Å². The molecule has 0 aromatic carbocycles. The second-order valence-corrected chi connectivity index (χ2v) is 11.2. The summed E-state index contributed by atoms with van der Waals surface area (Å²) in [5.41, 5.74) is 0.882. The van der Waals surface area contributed by atoms with E-state index in [1.54, 1.807) is 0 Å². The lowest BCUT2D eigenvalue weighted by atomic mass is 9.44. The second-order valence-electron chi connectivity index (χ2n) is 11.2. The van der Waals surface area contributed by atoms with Gasteiger partial charge in [-0.15, -0.1) is 0 Å². The van der Waals surface area contributed by atoms with E-state index in [0.29, 0.717) is 29.1 Å². The van der Waals surface area contributed by atoms with E-state index in [1.807, 2.05) is 0 Å². The van der Waals surface area contributed by atoms with Gasteiger partial charge in [-0.05, 0) is 111 Å². The molecule has 0 spiro atoms. The van der Waals surface area contributed by atoms with Crippen molar-refractivity contribution in [2.45, 2.75) is 97.5 Å². The first-order valence-electron chi connectivity index (χ1n) is 11.7. The van der Waals surface area contributed by atoms with Crippen molar-refractivity contribution in [3.63, 3.8) is 0 Å². The molecule has 2 N–H and O–H groups in total. The number of aliphatic carboxylic acids is 1. The molecule has 4 rings (SSSR count). The molecule has 4 aliphatic rings. The van der Waals surface area contributed by atoms with Gasteiger partial charge < -0.3 is 10.2 Å². The van der Waals surface area contributed by atoms with E-state index >= 15 is 0 Å². The summed E-state index contributed by atoms with van der Waals surface area (Å²) in [5, 5.41) is 19.3. The van der Waals surface area contributed by atoms with Crippen molar-refractivity contribution in [1.29, 1.82) is 0 Å². The number of hydrogen-bond donors (Lipinski definition) is 2. The molecule has 9 atom stereocenters. The van der Waals surface area contributed by atoms with Gasteiger partial charge in [0.2, 0.25) is 0 Å². The summed E-state index contributed by atoms with van der Waals surface area (Å²) < 4.78 is 0. The number of carboxylic acids is 1. The van der Waals surface area contributed by atoms with Gasteiger partial charge in [-0.1, -0.05) is 20.8 Å². The molecule has 154 valence electrons. The van der Waals surface area contributed by atoms with Crippen molar-refractivity contribution in [2.75, 3.05) is 0 Å². The second kappa shape index (κ2) is 7.04. The zero-order chi connectivity index (χ0) is 19.4. The summed E-state index contributed by atoms with van der Waals surface area (Å²) >= 11 is 0. The lowest BCUT2D eigenvalue weighted by Gasteiger charge is -2.61. The lowest BCUT2D eigenvalue weighted by molar-refractivity contribution is -0.138. The fourth-order valence-electron chi connectivity index (χ4n) is 8.76. The fourth-order valence-corrected chi connectivity index (χ4v) is 8.76. The number of carbonyl (C=O) groups is 1. The number of rotatable bonds is 4. The van der Waals surface area contributed by atoms with Crippen molar-refractivity contribution >= 4 is 5.97 Å². The normalized spacial score (nSPS) is 50.4. The highest BCUT2D eigenvalue weighted by molar-refractivity contribution is 5.66. The Hall–Kier alpha value is -0.570.